The molecule has 116 valence electrons. The molecule has 0 amide bonds. The molecular weight excluding hydrogens is 531 g/mol. The second kappa shape index (κ2) is 7.80. The molecule has 2 rings (SSSR count). The molecule has 0 saturated heterocycles. The van der Waals surface area contributed by atoms with Crippen molar-refractivity contribution in [2.45, 2.75) is 12.5 Å². The van der Waals surface area contributed by atoms with Crippen LogP contribution in [0.25, 0.3) is 0 Å². The van der Waals surface area contributed by atoms with Crippen molar-refractivity contribution in [3.8, 4) is 11.5 Å². The Balaban J connectivity index is 2.25. The zero-order chi connectivity index (χ0) is 16.3. The van der Waals surface area contributed by atoms with Crippen LogP contribution in [0.5, 0.6) is 11.5 Å². The predicted octanol–water partition coefficient (Wildman–Crippen LogP) is 4.30. The van der Waals surface area contributed by atoms with Crippen LogP contribution in [0.4, 0.5) is 0 Å². The van der Waals surface area contributed by atoms with Gasteiger partial charge in [-0.1, -0.05) is 17.7 Å². The van der Waals surface area contributed by atoms with Gasteiger partial charge < -0.3 is 15.6 Å². The molecule has 0 aliphatic rings. The molecule has 0 radical (unpaired) electrons. The lowest BCUT2D eigenvalue weighted by Crippen LogP contribution is -2.32. The van der Waals surface area contributed by atoms with Crippen molar-refractivity contribution < 1.29 is 14.6 Å². The molecular formula is C15H12ClI2NO3. The van der Waals surface area contributed by atoms with E-state index in [1.807, 2.05) is 24.3 Å². The smallest absolute Gasteiger partial charge is 0.320 e. The van der Waals surface area contributed by atoms with Crippen LogP contribution < -0.4 is 10.5 Å². The zero-order valence-electron chi connectivity index (χ0n) is 11.2. The van der Waals surface area contributed by atoms with Gasteiger partial charge in [0, 0.05) is 5.02 Å². The summed E-state index contributed by atoms with van der Waals surface area (Å²) in [6, 6.07) is 10.0. The molecule has 22 heavy (non-hydrogen) atoms. The third-order valence-corrected chi connectivity index (χ3v) is 4.68. The van der Waals surface area contributed by atoms with E-state index in [1.54, 1.807) is 12.1 Å². The lowest BCUT2D eigenvalue weighted by atomic mass is 10.1. The van der Waals surface area contributed by atoms with Crippen molar-refractivity contribution in [1.82, 2.24) is 0 Å². The molecule has 0 fully saturated rings. The van der Waals surface area contributed by atoms with Crippen molar-refractivity contribution in [1.29, 1.82) is 0 Å². The number of aliphatic carboxylic acids is 1. The second-order valence-corrected chi connectivity index (χ2v) is 7.36. The number of hydrogen-bond donors (Lipinski definition) is 2. The molecule has 0 heterocycles. The quantitative estimate of drug-likeness (QED) is 0.552. The first-order chi connectivity index (χ1) is 10.4. The first-order valence-electron chi connectivity index (χ1n) is 6.26. The fraction of sp³-hybridized carbons (Fsp3) is 0.133. The number of benzene rings is 2. The topological polar surface area (TPSA) is 72.5 Å². The summed E-state index contributed by atoms with van der Waals surface area (Å²) >= 11 is 10.3. The molecule has 0 saturated carbocycles. The van der Waals surface area contributed by atoms with Gasteiger partial charge in [-0.2, -0.15) is 0 Å². The summed E-state index contributed by atoms with van der Waals surface area (Å²) < 4.78 is 7.65. The minimum atomic E-state index is -1.01. The van der Waals surface area contributed by atoms with Crippen LogP contribution in [0, 0.1) is 7.14 Å². The highest BCUT2D eigenvalue weighted by molar-refractivity contribution is 14.1. The summed E-state index contributed by atoms with van der Waals surface area (Å²) in [5.74, 6) is 0.360. The highest BCUT2D eigenvalue weighted by Crippen LogP contribution is 2.33. The molecule has 0 aromatic heterocycles. The zero-order valence-corrected chi connectivity index (χ0v) is 16.3. The van der Waals surface area contributed by atoms with E-state index in [-0.39, 0.29) is 6.42 Å². The van der Waals surface area contributed by atoms with Crippen LogP contribution in [-0.4, -0.2) is 17.1 Å². The molecule has 4 nitrogen and oxygen atoms in total. The Labute approximate surface area is 160 Å². The largest absolute Gasteiger partial charge is 0.480 e. The lowest BCUT2D eigenvalue weighted by molar-refractivity contribution is -0.138. The number of hydrogen-bond acceptors (Lipinski definition) is 3. The van der Waals surface area contributed by atoms with Crippen LogP contribution in [-0.2, 0) is 11.2 Å². The van der Waals surface area contributed by atoms with Gasteiger partial charge in [-0.25, -0.2) is 0 Å². The van der Waals surface area contributed by atoms with Gasteiger partial charge in [0.1, 0.15) is 11.8 Å². The minimum Gasteiger partial charge on any atom is -0.480 e. The first-order valence-corrected chi connectivity index (χ1v) is 8.80. The van der Waals surface area contributed by atoms with Crippen LogP contribution in [0.2, 0.25) is 5.02 Å². The minimum absolute atomic E-state index is 0.277. The van der Waals surface area contributed by atoms with E-state index in [9.17, 15) is 4.79 Å². The number of halogens is 3. The molecule has 0 aliphatic carbocycles. The maximum Gasteiger partial charge on any atom is 0.320 e. The standard InChI is InChI=1S/C15H12ClI2NO3/c16-9-2-1-3-10(7-9)22-14-11(17)4-8(5-12(14)18)6-13(19)15(20)21/h1-5,7,13H,6,19H2,(H,20,21)/t13-/m0/s1. The summed E-state index contributed by atoms with van der Waals surface area (Å²) in [7, 11) is 0. The molecule has 0 spiro atoms. The first kappa shape index (κ1) is 17.8. The van der Waals surface area contributed by atoms with Gasteiger partial charge in [0.05, 0.1) is 7.14 Å². The third-order valence-electron chi connectivity index (χ3n) is 2.85. The number of nitrogens with two attached hydrogens (primary N) is 1. The molecule has 3 N–H and O–H groups in total. The Hall–Kier alpha value is -0.580. The maximum atomic E-state index is 10.8. The highest BCUT2D eigenvalue weighted by atomic mass is 127. The van der Waals surface area contributed by atoms with Gasteiger partial charge in [0.2, 0.25) is 0 Å². The van der Waals surface area contributed by atoms with Crippen molar-refractivity contribution in [3.05, 3.63) is 54.1 Å². The summed E-state index contributed by atoms with van der Waals surface area (Å²) in [6.07, 6.45) is 0.277. The number of ether oxygens (including phenoxy) is 1. The van der Waals surface area contributed by atoms with Crippen LogP contribution in [0.1, 0.15) is 5.56 Å². The van der Waals surface area contributed by atoms with Crippen LogP contribution in [0.3, 0.4) is 0 Å². The molecule has 0 bridgehead atoms. The Kier molecular flexibility index (Phi) is 6.30. The third kappa shape index (κ3) is 4.71. The van der Waals surface area contributed by atoms with Crippen molar-refractivity contribution in [2.75, 3.05) is 0 Å². The van der Waals surface area contributed by atoms with Crippen LogP contribution >= 0.6 is 56.8 Å². The summed E-state index contributed by atoms with van der Waals surface area (Å²) in [4.78, 5) is 10.8. The Morgan fingerprint density at radius 1 is 1.27 bits per heavy atom. The number of rotatable bonds is 5. The van der Waals surface area contributed by atoms with Crippen molar-refractivity contribution in [2.24, 2.45) is 5.73 Å². The van der Waals surface area contributed by atoms with Crippen molar-refractivity contribution >= 4 is 62.8 Å². The molecule has 2 aromatic rings. The molecule has 7 heteroatoms. The van der Waals surface area contributed by atoms with Gasteiger partial charge >= 0.3 is 5.97 Å². The maximum absolute atomic E-state index is 10.8. The Bertz CT molecular complexity index is 686. The fourth-order valence-electron chi connectivity index (χ4n) is 1.82. The van der Waals surface area contributed by atoms with E-state index in [0.717, 1.165) is 18.5 Å². The number of carboxylic acids is 1. The van der Waals surface area contributed by atoms with E-state index in [2.05, 4.69) is 45.2 Å². The predicted molar refractivity (Wildman–Crippen MR) is 103 cm³/mol. The van der Waals surface area contributed by atoms with Gasteiger partial charge in [-0.05, 0) is 87.5 Å². The lowest BCUT2D eigenvalue weighted by Gasteiger charge is -2.13. The van der Waals surface area contributed by atoms with E-state index in [1.165, 1.54) is 0 Å². The van der Waals surface area contributed by atoms with Crippen molar-refractivity contribution in [3.63, 3.8) is 0 Å². The van der Waals surface area contributed by atoms with Gasteiger partial charge in [-0.15, -0.1) is 0 Å². The van der Waals surface area contributed by atoms with Crippen LogP contribution in [0.15, 0.2) is 36.4 Å². The van der Waals surface area contributed by atoms with Gasteiger partial charge in [-0.3, -0.25) is 4.79 Å². The number of carbonyl (C=O) groups is 1. The average molecular weight is 544 g/mol. The summed E-state index contributed by atoms with van der Waals surface area (Å²) in [5, 5.41) is 9.49. The van der Waals surface area contributed by atoms with Gasteiger partial charge in [0.15, 0.2) is 5.75 Å². The summed E-state index contributed by atoms with van der Waals surface area (Å²) in [5.41, 5.74) is 6.44. The monoisotopic (exact) mass is 543 g/mol. The second-order valence-electron chi connectivity index (χ2n) is 4.60. The SMILES string of the molecule is N[C@@H](Cc1cc(I)c(Oc2cccc(Cl)c2)c(I)c1)C(=O)O. The molecule has 2 aromatic carbocycles. The molecule has 1 atom stereocenters. The fourth-order valence-corrected chi connectivity index (χ4v) is 4.11. The average Bonchev–Trinajstić information content (AvgIpc) is 2.43. The molecule has 0 unspecified atom stereocenters. The highest BCUT2D eigenvalue weighted by Gasteiger charge is 2.15. The normalized spacial score (nSPS) is 12.0. The van der Waals surface area contributed by atoms with E-state index in [0.29, 0.717) is 10.8 Å². The number of carboxylic acid groups (broad SMARTS) is 1. The molecule has 0 aliphatic heterocycles. The van der Waals surface area contributed by atoms with E-state index < -0.39 is 12.0 Å². The van der Waals surface area contributed by atoms with E-state index >= 15 is 0 Å². The van der Waals surface area contributed by atoms with E-state index in [4.69, 9.17) is 27.2 Å². The van der Waals surface area contributed by atoms with Gasteiger partial charge in [0.25, 0.3) is 0 Å². The Morgan fingerprint density at radius 3 is 2.45 bits per heavy atom. The Morgan fingerprint density at radius 2 is 1.91 bits per heavy atom. The summed E-state index contributed by atoms with van der Waals surface area (Å²) in [6.45, 7) is 0.